The fourth-order valence-corrected chi connectivity index (χ4v) is 15.0. The molecule has 0 amide bonds. The minimum atomic E-state index is 0.662. The van der Waals surface area contributed by atoms with Crippen molar-refractivity contribution in [1.82, 2.24) is 4.98 Å². The number of fused-ring (bicyclic) bond motifs is 4. The van der Waals surface area contributed by atoms with Crippen molar-refractivity contribution >= 4 is 86.2 Å². The van der Waals surface area contributed by atoms with Gasteiger partial charge in [0.05, 0.1) is 23.3 Å². The third kappa shape index (κ3) is 8.43. The number of ether oxygens (including phenoxy) is 2. The topological polar surface area (TPSA) is 78.9 Å². The zero-order valence-electron chi connectivity index (χ0n) is 50.4. The average Bonchev–Trinajstić information content (AvgIpc) is 0.757. The summed E-state index contributed by atoms with van der Waals surface area (Å²) in [7, 11) is 0. The highest BCUT2D eigenvalue weighted by atomic mass is 16.5. The number of hydrogen-bond donors (Lipinski definition) is 0. The van der Waals surface area contributed by atoms with Crippen LogP contribution in [0.3, 0.4) is 0 Å². The van der Waals surface area contributed by atoms with E-state index < -0.39 is 0 Å². The molecule has 2 aliphatic heterocycles. The van der Waals surface area contributed by atoms with Crippen LogP contribution in [0.15, 0.2) is 298 Å². The van der Waals surface area contributed by atoms with Crippen molar-refractivity contribution in [2.75, 3.05) is 0 Å². The monoisotopic (exact) mass is 1190 g/mol. The van der Waals surface area contributed by atoms with Crippen LogP contribution in [0.5, 0.6) is 23.0 Å². The van der Waals surface area contributed by atoms with E-state index in [0.717, 1.165) is 94.6 Å². The molecule has 5 heteroatoms. The van der Waals surface area contributed by atoms with Gasteiger partial charge in [-0.1, -0.05) is 182 Å². The molecule has 0 fully saturated rings. The molecule has 0 N–H and O–H groups in total. The Morgan fingerprint density at radius 2 is 0.585 bits per heavy atom. The van der Waals surface area contributed by atoms with E-state index in [-0.39, 0.29) is 0 Å². The number of pyridine rings is 1. The Morgan fingerprint density at radius 1 is 0.234 bits per heavy atom. The number of nitriles is 2. The molecule has 0 saturated carbocycles. The molecule has 18 aromatic rings. The van der Waals surface area contributed by atoms with E-state index in [1.54, 1.807) is 0 Å². The Hall–Kier alpha value is -12.9. The van der Waals surface area contributed by atoms with E-state index in [2.05, 4.69) is 242 Å². The van der Waals surface area contributed by atoms with Gasteiger partial charge in [0.2, 0.25) is 0 Å². The van der Waals surface area contributed by atoms with Gasteiger partial charge in [-0.3, -0.25) is 4.98 Å². The smallest absolute Gasteiger partial charge is 0.136 e. The second-order valence-corrected chi connectivity index (χ2v) is 24.7. The van der Waals surface area contributed by atoms with Crippen LogP contribution in [0.2, 0.25) is 0 Å². The van der Waals surface area contributed by atoms with E-state index >= 15 is 0 Å². The van der Waals surface area contributed by atoms with Crippen molar-refractivity contribution in [2.24, 2.45) is 0 Å². The molecule has 3 heterocycles. The van der Waals surface area contributed by atoms with Gasteiger partial charge in [-0.2, -0.15) is 10.5 Å². The van der Waals surface area contributed by atoms with Gasteiger partial charge in [0.25, 0.3) is 0 Å². The first-order chi connectivity index (χ1) is 46.4. The minimum absolute atomic E-state index is 0.662. The highest BCUT2D eigenvalue weighted by Crippen LogP contribution is 2.51. The van der Waals surface area contributed by atoms with Gasteiger partial charge in [0.1, 0.15) is 23.0 Å². The Labute approximate surface area is 540 Å². The molecule has 432 valence electrons. The largest absolute Gasteiger partial charge is 0.456 e. The second kappa shape index (κ2) is 20.8. The zero-order chi connectivity index (χ0) is 62.1. The molecule has 0 saturated heterocycles. The predicted octanol–water partition coefficient (Wildman–Crippen LogP) is 24.2. The standard InChI is InChI=1S/C45H25NO.C44H24N2O/c46-26-35-18-20-40-39-19-17-30(25-42(39)47-41-8-4-7-38(35)45(40)41)28-9-11-29(12-10-28)37-23-33-15-13-31-21-36(27-5-2-1-3-6-27)22-32-14-16-34(24-37)44(33)43(31)32;45-24-33-15-17-40-44-37(33)4-1-5-39(44)38-16-14-28(23-41(38)47-40)26-6-8-27(9-7-26)35-19-29-10-12-31-21-36(34-3-2-18-46-25-34)22-32-13-11-30(20-35)42(29)43(31)32/h1-25H;1-23,25H. The van der Waals surface area contributed by atoms with Crippen LogP contribution in [0, 0.1) is 22.7 Å². The first-order valence-electron chi connectivity index (χ1n) is 31.6. The number of hydrogen-bond acceptors (Lipinski definition) is 5. The fraction of sp³-hybridized carbons (Fsp3) is 0. The van der Waals surface area contributed by atoms with Gasteiger partial charge in [0, 0.05) is 50.6 Å². The van der Waals surface area contributed by atoms with E-state index in [9.17, 15) is 10.5 Å². The lowest BCUT2D eigenvalue weighted by atomic mass is 9.89. The summed E-state index contributed by atoms with van der Waals surface area (Å²) in [6.07, 6.45) is 3.74. The maximum atomic E-state index is 9.62. The minimum Gasteiger partial charge on any atom is -0.456 e. The van der Waals surface area contributed by atoms with Crippen LogP contribution < -0.4 is 9.47 Å². The van der Waals surface area contributed by atoms with Gasteiger partial charge in [-0.15, -0.1) is 0 Å². The number of benzene rings is 17. The van der Waals surface area contributed by atoms with Crippen molar-refractivity contribution in [1.29, 1.82) is 10.5 Å². The Kier molecular flexibility index (Phi) is 11.7. The van der Waals surface area contributed by atoms with E-state index in [1.807, 2.05) is 73.1 Å². The van der Waals surface area contributed by atoms with Crippen molar-refractivity contribution in [2.45, 2.75) is 0 Å². The van der Waals surface area contributed by atoms with Gasteiger partial charge in [0.15, 0.2) is 0 Å². The van der Waals surface area contributed by atoms with Crippen molar-refractivity contribution in [3.8, 4) is 124 Å². The average molecular weight is 1190 g/mol. The molecule has 17 aromatic carbocycles. The molecular weight excluding hydrogens is 1140 g/mol. The molecule has 5 nitrogen and oxygen atoms in total. The summed E-state index contributed by atoms with van der Waals surface area (Å²) in [5, 5.41) is 38.4. The van der Waals surface area contributed by atoms with Crippen LogP contribution in [0.4, 0.5) is 0 Å². The summed E-state index contributed by atoms with van der Waals surface area (Å²) >= 11 is 0. The molecule has 0 unspecified atom stereocenters. The number of aromatic nitrogens is 1. The fourth-order valence-electron chi connectivity index (χ4n) is 15.0. The second-order valence-electron chi connectivity index (χ2n) is 24.7. The van der Waals surface area contributed by atoms with Crippen molar-refractivity contribution in [3.63, 3.8) is 0 Å². The van der Waals surface area contributed by atoms with Crippen LogP contribution in [-0.4, -0.2) is 4.98 Å². The molecule has 20 rings (SSSR count). The number of nitrogens with zero attached hydrogens (tertiary/aromatic N) is 3. The summed E-state index contributed by atoms with van der Waals surface area (Å²) in [5.74, 6) is 3.24. The lowest BCUT2D eigenvalue weighted by Crippen LogP contribution is -1.98. The summed E-state index contributed by atoms with van der Waals surface area (Å²) < 4.78 is 12.8. The molecule has 0 atom stereocenters. The number of rotatable bonds is 6. The SMILES string of the molecule is N#Cc1ccc2c3c(cccc13)-c1ccc(-c3ccc(-c4cc5ccc6cc(-c7cccnc7)cc7ccc(c4)c5c67)cc3)cc1O2.N#Cc1ccc2c3c(cccc13)Oc1cc(-c3ccc(-c4cc5ccc6cc(-c7ccccc7)cc7ccc(c4)c5c67)cc3)ccc1-2. The molecule has 94 heavy (non-hydrogen) atoms. The molecule has 1 aromatic heterocycles. The zero-order valence-corrected chi connectivity index (χ0v) is 50.4. The molecule has 0 aliphatic carbocycles. The molecular formula is C89H49N3O2. The van der Waals surface area contributed by atoms with E-state index in [1.165, 1.54) is 104 Å². The third-order valence-corrected chi connectivity index (χ3v) is 19.5. The Bertz CT molecular complexity index is 5810. The van der Waals surface area contributed by atoms with Gasteiger partial charge in [-0.05, 0) is 240 Å². The van der Waals surface area contributed by atoms with Gasteiger partial charge >= 0.3 is 0 Å². The molecule has 0 radical (unpaired) electrons. The van der Waals surface area contributed by atoms with E-state index in [4.69, 9.17) is 9.47 Å². The normalized spacial score (nSPS) is 12.0. The lowest BCUT2D eigenvalue weighted by molar-refractivity contribution is 0.487. The summed E-state index contributed by atoms with van der Waals surface area (Å²) in [6.45, 7) is 0. The Balaban J connectivity index is 0.000000133. The predicted molar refractivity (Wildman–Crippen MR) is 386 cm³/mol. The highest BCUT2D eigenvalue weighted by Gasteiger charge is 2.25. The first kappa shape index (κ1) is 53.0. The first-order valence-corrected chi connectivity index (χ1v) is 31.6. The lowest BCUT2D eigenvalue weighted by Gasteiger charge is -2.22. The van der Waals surface area contributed by atoms with Crippen LogP contribution in [-0.2, 0) is 0 Å². The summed E-state index contributed by atoms with van der Waals surface area (Å²) in [5.41, 5.74) is 19.7. The maximum Gasteiger partial charge on any atom is 0.136 e. The van der Waals surface area contributed by atoms with E-state index in [0.29, 0.717) is 11.1 Å². The van der Waals surface area contributed by atoms with Crippen molar-refractivity contribution < 1.29 is 9.47 Å². The van der Waals surface area contributed by atoms with Crippen LogP contribution in [0.1, 0.15) is 11.1 Å². The van der Waals surface area contributed by atoms with Gasteiger partial charge in [-0.25, -0.2) is 0 Å². The molecule has 0 bridgehead atoms. The van der Waals surface area contributed by atoms with Crippen LogP contribution in [0.25, 0.3) is 175 Å². The maximum absolute atomic E-state index is 9.62. The summed E-state index contributed by atoms with van der Waals surface area (Å²) in [6, 6.07) is 106. The van der Waals surface area contributed by atoms with Crippen LogP contribution >= 0.6 is 0 Å². The third-order valence-electron chi connectivity index (χ3n) is 19.5. The van der Waals surface area contributed by atoms with Crippen molar-refractivity contribution in [3.05, 3.63) is 309 Å². The summed E-state index contributed by atoms with van der Waals surface area (Å²) in [4.78, 5) is 4.32. The molecule has 2 aliphatic rings. The molecule has 0 spiro atoms. The highest BCUT2D eigenvalue weighted by molar-refractivity contribution is 6.26. The Morgan fingerprint density at radius 3 is 1.01 bits per heavy atom. The quantitative estimate of drug-likeness (QED) is 0.155. The van der Waals surface area contributed by atoms with Gasteiger partial charge < -0.3 is 9.47 Å².